The van der Waals surface area contributed by atoms with E-state index in [1.165, 1.54) is 0 Å². The van der Waals surface area contributed by atoms with Crippen molar-refractivity contribution in [3.05, 3.63) is 0 Å². The molecule has 0 N–H and O–H groups in total. The molecule has 0 aromatic rings. The summed E-state index contributed by atoms with van der Waals surface area (Å²) in [5.41, 5.74) is 0. The van der Waals surface area contributed by atoms with Gasteiger partial charge in [-0.2, -0.15) is 5.26 Å². The molecule has 0 saturated heterocycles. The Morgan fingerprint density at radius 2 is 1.75 bits per heavy atom. The molecule has 0 fully saturated rings. The standard InChI is InChI=1S/C9H15F2N/c1-9(10,11)7-5-3-2-4-6-8-12/h2-7H2,1H3. The monoisotopic (exact) mass is 175 g/mol. The van der Waals surface area contributed by atoms with E-state index in [0.29, 0.717) is 12.8 Å². The molecule has 0 atom stereocenters. The fraction of sp³-hybridized carbons (Fsp3) is 0.889. The van der Waals surface area contributed by atoms with Crippen LogP contribution in [0.15, 0.2) is 0 Å². The molecule has 0 aliphatic rings. The zero-order chi connectivity index (χ0) is 9.45. The van der Waals surface area contributed by atoms with Gasteiger partial charge < -0.3 is 0 Å². The quantitative estimate of drug-likeness (QED) is 0.567. The molecule has 0 aromatic heterocycles. The van der Waals surface area contributed by atoms with Gasteiger partial charge in [0.15, 0.2) is 0 Å². The third-order valence-electron chi connectivity index (χ3n) is 1.65. The fourth-order valence-corrected chi connectivity index (χ4v) is 0.993. The summed E-state index contributed by atoms with van der Waals surface area (Å²) in [6.07, 6.45) is 3.62. The lowest BCUT2D eigenvalue weighted by Gasteiger charge is -2.08. The molecule has 0 aromatic carbocycles. The van der Waals surface area contributed by atoms with Crippen molar-refractivity contribution in [3.63, 3.8) is 0 Å². The molecule has 0 rings (SSSR count). The topological polar surface area (TPSA) is 23.8 Å². The Balaban J connectivity index is 3.07. The first-order chi connectivity index (χ1) is 5.56. The van der Waals surface area contributed by atoms with Gasteiger partial charge in [-0.05, 0) is 19.8 Å². The van der Waals surface area contributed by atoms with Crippen LogP contribution in [0.25, 0.3) is 0 Å². The van der Waals surface area contributed by atoms with Crippen LogP contribution < -0.4 is 0 Å². The number of hydrogen-bond donors (Lipinski definition) is 0. The second kappa shape index (κ2) is 5.93. The first kappa shape index (κ1) is 11.4. The van der Waals surface area contributed by atoms with Crippen LogP contribution in [-0.2, 0) is 0 Å². The van der Waals surface area contributed by atoms with Gasteiger partial charge in [0.1, 0.15) is 0 Å². The molecule has 0 saturated carbocycles. The molecule has 0 heterocycles. The maximum Gasteiger partial charge on any atom is 0.245 e. The maximum atomic E-state index is 12.2. The van der Waals surface area contributed by atoms with Crippen LogP contribution in [0.3, 0.4) is 0 Å². The van der Waals surface area contributed by atoms with E-state index in [1.54, 1.807) is 0 Å². The molecule has 0 aliphatic heterocycles. The summed E-state index contributed by atoms with van der Waals surface area (Å²) in [6, 6.07) is 2.03. The summed E-state index contributed by atoms with van der Waals surface area (Å²) in [5.74, 6) is -2.52. The third kappa shape index (κ3) is 9.35. The minimum Gasteiger partial charge on any atom is -0.207 e. The molecule has 0 bridgehead atoms. The minimum absolute atomic E-state index is 0.0282. The molecule has 0 unspecified atom stereocenters. The van der Waals surface area contributed by atoms with E-state index < -0.39 is 5.92 Å². The smallest absolute Gasteiger partial charge is 0.207 e. The highest BCUT2D eigenvalue weighted by Crippen LogP contribution is 2.20. The lowest BCUT2D eigenvalue weighted by molar-refractivity contribution is 0.0104. The second-order valence-electron chi connectivity index (χ2n) is 3.14. The van der Waals surface area contributed by atoms with Crippen LogP contribution in [-0.4, -0.2) is 5.92 Å². The van der Waals surface area contributed by atoms with E-state index in [9.17, 15) is 8.78 Å². The Kier molecular flexibility index (Phi) is 5.61. The van der Waals surface area contributed by atoms with E-state index >= 15 is 0 Å². The minimum atomic E-state index is -2.52. The highest BCUT2D eigenvalue weighted by molar-refractivity contribution is 4.68. The normalized spacial score (nSPS) is 11.2. The molecule has 1 nitrogen and oxygen atoms in total. The number of alkyl halides is 2. The van der Waals surface area contributed by atoms with Gasteiger partial charge in [-0.25, -0.2) is 8.78 Å². The Morgan fingerprint density at radius 3 is 2.25 bits per heavy atom. The van der Waals surface area contributed by atoms with Crippen LogP contribution in [0.4, 0.5) is 8.78 Å². The predicted octanol–water partition coefficient (Wildman–Crippen LogP) is 3.51. The van der Waals surface area contributed by atoms with Crippen molar-refractivity contribution in [1.29, 1.82) is 5.26 Å². The van der Waals surface area contributed by atoms with Gasteiger partial charge in [0.05, 0.1) is 6.07 Å². The van der Waals surface area contributed by atoms with E-state index in [1.807, 2.05) is 6.07 Å². The van der Waals surface area contributed by atoms with Gasteiger partial charge in [0.25, 0.3) is 0 Å². The summed E-state index contributed by atoms with van der Waals surface area (Å²) in [5, 5.41) is 8.18. The Morgan fingerprint density at radius 1 is 1.17 bits per heavy atom. The van der Waals surface area contributed by atoms with Gasteiger partial charge in [0, 0.05) is 12.8 Å². The van der Waals surface area contributed by atoms with E-state index in [4.69, 9.17) is 5.26 Å². The molecular formula is C9H15F2N. The molecule has 0 radical (unpaired) electrons. The SMILES string of the molecule is CC(F)(F)CCCCCCC#N. The van der Waals surface area contributed by atoms with E-state index in [-0.39, 0.29) is 6.42 Å². The van der Waals surface area contributed by atoms with Gasteiger partial charge in [-0.3, -0.25) is 0 Å². The summed E-state index contributed by atoms with van der Waals surface area (Å²) in [6.45, 7) is 0.947. The number of unbranched alkanes of at least 4 members (excludes halogenated alkanes) is 4. The molecular weight excluding hydrogens is 160 g/mol. The van der Waals surface area contributed by atoms with Crippen molar-refractivity contribution >= 4 is 0 Å². The summed E-state index contributed by atoms with van der Waals surface area (Å²) in [7, 11) is 0. The summed E-state index contributed by atoms with van der Waals surface area (Å²) < 4.78 is 24.5. The van der Waals surface area contributed by atoms with Gasteiger partial charge >= 0.3 is 0 Å². The highest BCUT2D eigenvalue weighted by Gasteiger charge is 2.19. The largest absolute Gasteiger partial charge is 0.245 e. The molecule has 12 heavy (non-hydrogen) atoms. The van der Waals surface area contributed by atoms with Crippen LogP contribution in [0.1, 0.15) is 45.4 Å². The van der Waals surface area contributed by atoms with E-state index in [0.717, 1.165) is 26.2 Å². The first-order valence-corrected chi connectivity index (χ1v) is 4.31. The van der Waals surface area contributed by atoms with Crippen molar-refractivity contribution in [3.8, 4) is 6.07 Å². The first-order valence-electron chi connectivity index (χ1n) is 4.31. The summed E-state index contributed by atoms with van der Waals surface area (Å²) in [4.78, 5) is 0. The van der Waals surface area contributed by atoms with E-state index in [2.05, 4.69) is 0 Å². The van der Waals surface area contributed by atoms with Crippen molar-refractivity contribution < 1.29 is 8.78 Å². The average Bonchev–Trinajstić information content (AvgIpc) is 1.94. The van der Waals surface area contributed by atoms with Crippen LogP contribution >= 0.6 is 0 Å². The molecule has 70 valence electrons. The van der Waals surface area contributed by atoms with Crippen molar-refractivity contribution in [2.24, 2.45) is 0 Å². The van der Waals surface area contributed by atoms with Crippen LogP contribution in [0, 0.1) is 11.3 Å². The number of hydrogen-bond acceptors (Lipinski definition) is 1. The predicted molar refractivity (Wildman–Crippen MR) is 43.9 cm³/mol. The fourth-order valence-electron chi connectivity index (χ4n) is 0.993. The zero-order valence-electron chi connectivity index (χ0n) is 7.45. The maximum absolute atomic E-state index is 12.2. The second-order valence-corrected chi connectivity index (χ2v) is 3.14. The molecule has 0 spiro atoms. The Bertz CT molecular complexity index is 144. The van der Waals surface area contributed by atoms with Gasteiger partial charge in [0.2, 0.25) is 5.92 Å². The summed E-state index contributed by atoms with van der Waals surface area (Å²) >= 11 is 0. The number of nitriles is 1. The lowest BCUT2D eigenvalue weighted by atomic mass is 10.1. The Labute approximate surface area is 72.4 Å². The van der Waals surface area contributed by atoms with Gasteiger partial charge in [-0.15, -0.1) is 0 Å². The number of rotatable bonds is 6. The molecule has 3 heteroatoms. The van der Waals surface area contributed by atoms with Crippen LogP contribution in [0.5, 0.6) is 0 Å². The highest BCUT2D eigenvalue weighted by atomic mass is 19.3. The average molecular weight is 175 g/mol. The third-order valence-corrected chi connectivity index (χ3v) is 1.65. The molecule has 0 aliphatic carbocycles. The van der Waals surface area contributed by atoms with Gasteiger partial charge in [-0.1, -0.05) is 12.8 Å². The van der Waals surface area contributed by atoms with Crippen molar-refractivity contribution in [2.45, 2.75) is 51.4 Å². The van der Waals surface area contributed by atoms with Crippen LogP contribution in [0.2, 0.25) is 0 Å². The van der Waals surface area contributed by atoms with Crippen molar-refractivity contribution in [2.75, 3.05) is 0 Å². The number of halogens is 2. The van der Waals surface area contributed by atoms with Crippen molar-refractivity contribution in [1.82, 2.24) is 0 Å². The number of nitrogens with zero attached hydrogens (tertiary/aromatic N) is 1. The molecule has 0 amide bonds. The zero-order valence-corrected chi connectivity index (χ0v) is 7.45. The lowest BCUT2D eigenvalue weighted by Crippen LogP contribution is -2.08. The Hall–Kier alpha value is -0.650.